The van der Waals surface area contributed by atoms with Gasteiger partial charge in [-0.2, -0.15) is 4.98 Å². The first kappa shape index (κ1) is 18.3. The van der Waals surface area contributed by atoms with Crippen LogP contribution in [0, 0.1) is 0 Å². The quantitative estimate of drug-likeness (QED) is 0.641. The van der Waals surface area contributed by atoms with E-state index in [9.17, 15) is 0 Å². The largest absolute Gasteiger partial charge is 0.480 e. The second-order valence-electron chi connectivity index (χ2n) is 7.46. The predicted octanol–water partition coefficient (Wildman–Crippen LogP) is 1.85. The Bertz CT molecular complexity index is 979. The van der Waals surface area contributed by atoms with E-state index in [1.54, 1.807) is 7.11 Å². The summed E-state index contributed by atoms with van der Waals surface area (Å²) < 4.78 is 16.2. The lowest BCUT2D eigenvalue weighted by Gasteiger charge is -2.35. The molecule has 2 aliphatic heterocycles. The van der Waals surface area contributed by atoms with Crippen LogP contribution in [0.1, 0.15) is 24.1 Å². The molecule has 152 valence electrons. The number of hydrogen-bond acceptors (Lipinski definition) is 9. The Hall–Kier alpha value is -2.78. The smallest absolute Gasteiger partial charge is 0.232 e. The molecule has 4 heterocycles. The molecule has 2 aliphatic rings. The van der Waals surface area contributed by atoms with Crippen LogP contribution in [-0.4, -0.2) is 71.5 Å². The summed E-state index contributed by atoms with van der Waals surface area (Å²) in [5, 5.41) is 5.10. The Balaban J connectivity index is 1.22. The third-order valence-corrected chi connectivity index (χ3v) is 5.64. The molecule has 1 aromatic carbocycles. The van der Waals surface area contributed by atoms with Gasteiger partial charge in [0.1, 0.15) is 6.33 Å². The maximum absolute atomic E-state index is 5.44. The molecule has 5 rings (SSSR count). The molecule has 1 atom stereocenters. The molecule has 2 aromatic heterocycles. The van der Waals surface area contributed by atoms with E-state index in [0.29, 0.717) is 24.9 Å². The standard InChI is InChI=1S/C20H24N6O3/c1-27-20-16-10-15(2-3-17(16)21-13-22-20)26-7-5-25(6-8-26)11-18-23-19(29-24-18)14-4-9-28-12-14/h2-3,10,13-14H,4-9,11-12H2,1H3. The highest BCUT2D eigenvalue weighted by Gasteiger charge is 2.25. The monoisotopic (exact) mass is 396 g/mol. The van der Waals surface area contributed by atoms with E-state index < -0.39 is 0 Å². The third kappa shape index (κ3) is 3.75. The van der Waals surface area contributed by atoms with Crippen LogP contribution in [0.5, 0.6) is 5.88 Å². The van der Waals surface area contributed by atoms with Crippen molar-refractivity contribution in [1.29, 1.82) is 0 Å². The Morgan fingerprint density at radius 3 is 2.86 bits per heavy atom. The summed E-state index contributed by atoms with van der Waals surface area (Å²) in [6, 6.07) is 6.24. The number of rotatable bonds is 5. The van der Waals surface area contributed by atoms with Crippen molar-refractivity contribution in [3.63, 3.8) is 0 Å². The van der Waals surface area contributed by atoms with Crippen LogP contribution in [0.15, 0.2) is 29.0 Å². The van der Waals surface area contributed by atoms with E-state index in [4.69, 9.17) is 14.0 Å². The van der Waals surface area contributed by atoms with Gasteiger partial charge in [-0.15, -0.1) is 0 Å². The average Bonchev–Trinajstić information content (AvgIpc) is 3.45. The summed E-state index contributed by atoms with van der Waals surface area (Å²) in [7, 11) is 1.64. The second kappa shape index (κ2) is 7.92. The van der Waals surface area contributed by atoms with Crippen LogP contribution in [0.4, 0.5) is 5.69 Å². The van der Waals surface area contributed by atoms with E-state index in [-0.39, 0.29) is 5.92 Å². The maximum atomic E-state index is 5.44. The lowest BCUT2D eigenvalue weighted by molar-refractivity contribution is 0.189. The van der Waals surface area contributed by atoms with Crippen molar-refractivity contribution in [2.45, 2.75) is 18.9 Å². The van der Waals surface area contributed by atoms with Crippen LogP contribution >= 0.6 is 0 Å². The number of nitrogens with zero attached hydrogens (tertiary/aromatic N) is 6. The molecule has 2 fully saturated rings. The third-order valence-electron chi connectivity index (χ3n) is 5.64. The maximum Gasteiger partial charge on any atom is 0.232 e. The van der Waals surface area contributed by atoms with Crippen LogP contribution in [-0.2, 0) is 11.3 Å². The highest BCUT2D eigenvalue weighted by Crippen LogP contribution is 2.27. The number of benzene rings is 1. The van der Waals surface area contributed by atoms with E-state index in [1.165, 1.54) is 6.33 Å². The summed E-state index contributed by atoms with van der Waals surface area (Å²) in [4.78, 5) is 17.8. The van der Waals surface area contributed by atoms with Gasteiger partial charge in [0.15, 0.2) is 5.82 Å². The fourth-order valence-corrected chi connectivity index (χ4v) is 3.97. The van der Waals surface area contributed by atoms with Gasteiger partial charge < -0.3 is 18.9 Å². The van der Waals surface area contributed by atoms with E-state index in [2.05, 4.69) is 42.0 Å². The molecule has 2 saturated heterocycles. The summed E-state index contributed by atoms with van der Waals surface area (Å²) in [5.41, 5.74) is 2.05. The topological polar surface area (TPSA) is 89.6 Å². The zero-order valence-electron chi connectivity index (χ0n) is 16.5. The number of hydrogen-bond donors (Lipinski definition) is 0. The van der Waals surface area contributed by atoms with Crippen molar-refractivity contribution in [3.05, 3.63) is 36.2 Å². The second-order valence-corrected chi connectivity index (χ2v) is 7.46. The Kier molecular flexibility index (Phi) is 4.99. The first-order valence-corrected chi connectivity index (χ1v) is 9.96. The number of anilines is 1. The van der Waals surface area contributed by atoms with Gasteiger partial charge in [-0.1, -0.05) is 5.16 Å². The SMILES string of the molecule is COc1ncnc2ccc(N3CCN(Cc4noc(C5CCOC5)n4)CC3)cc12. The summed E-state index contributed by atoms with van der Waals surface area (Å²) >= 11 is 0. The number of aromatic nitrogens is 4. The molecule has 0 amide bonds. The fourth-order valence-electron chi connectivity index (χ4n) is 3.97. The van der Waals surface area contributed by atoms with Crippen molar-refractivity contribution >= 4 is 16.6 Å². The van der Waals surface area contributed by atoms with Gasteiger partial charge in [0.25, 0.3) is 0 Å². The normalized spacial score (nSPS) is 20.4. The van der Waals surface area contributed by atoms with Crippen molar-refractivity contribution in [2.75, 3.05) is 51.4 Å². The minimum absolute atomic E-state index is 0.252. The molecule has 0 radical (unpaired) electrons. The number of piperazine rings is 1. The van der Waals surface area contributed by atoms with Gasteiger partial charge in [-0.05, 0) is 24.6 Å². The van der Waals surface area contributed by atoms with Crippen molar-refractivity contribution in [1.82, 2.24) is 25.0 Å². The predicted molar refractivity (Wildman–Crippen MR) is 106 cm³/mol. The van der Waals surface area contributed by atoms with Crippen molar-refractivity contribution in [2.24, 2.45) is 0 Å². The molecule has 3 aromatic rings. The zero-order chi connectivity index (χ0) is 19.6. The molecule has 9 nitrogen and oxygen atoms in total. The van der Waals surface area contributed by atoms with Gasteiger partial charge >= 0.3 is 0 Å². The Labute approximate surface area is 168 Å². The van der Waals surface area contributed by atoms with Gasteiger partial charge in [0, 0.05) is 38.5 Å². The fraction of sp³-hybridized carbons (Fsp3) is 0.500. The van der Waals surface area contributed by atoms with Gasteiger partial charge in [0.05, 0.1) is 37.1 Å². The van der Waals surface area contributed by atoms with Crippen molar-refractivity contribution < 1.29 is 14.0 Å². The number of ether oxygens (including phenoxy) is 2. The highest BCUT2D eigenvalue weighted by molar-refractivity contribution is 5.86. The van der Waals surface area contributed by atoms with Gasteiger partial charge in [-0.3, -0.25) is 4.90 Å². The molecule has 0 bridgehead atoms. The summed E-state index contributed by atoms with van der Waals surface area (Å²) in [6.07, 6.45) is 2.49. The molecule has 1 unspecified atom stereocenters. The van der Waals surface area contributed by atoms with E-state index >= 15 is 0 Å². The zero-order valence-corrected chi connectivity index (χ0v) is 16.5. The minimum atomic E-state index is 0.252. The number of methoxy groups -OCH3 is 1. The van der Waals surface area contributed by atoms with Crippen LogP contribution < -0.4 is 9.64 Å². The van der Waals surface area contributed by atoms with E-state index in [0.717, 1.165) is 61.6 Å². The molecular formula is C20H24N6O3. The lowest BCUT2D eigenvalue weighted by atomic mass is 10.1. The number of fused-ring (bicyclic) bond motifs is 1. The van der Waals surface area contributed by atoms with Crippen LogP contribution in [0.25, 0.3) is 10.9 Å². The molecular weight excluding hydrogens is 372 g/mol. The molecule has 0 spiro atoms. The first-order chi connectivity index (χ1) is 14.3. The first-order valence-electron chi connectivity index (χ1n) is 9.96. The highest BCUT2D eigenvalue weighted by atomic mass is 16.5. The lowest BCUT2D eigenvalue weighted by Crippen LogP contribution is -2.46. The van der Waals surface area contributed by atoms with Crippen LogP contribution in [0.3, 0.4) is 0 Å². The minimum Gasteiger partial charge on any atom is -0.480 e. The van der Waals surface area contributed by atoms with Gasteiger partial charge in [0.2, 0.25) is 11.8 Å². The average molecular weight is 396 g/mol. The van der Waals surface area contributed by atoms with Gasteiger partial charge in [-0.25, -0.2) is 9.97 Å². The molecule has 0 saturated carbocycles. The Morgan fingerprint density at radius 2 is 2.07 bits per heavy atom. The molecule has 29 heavy (non-hydrogen) atoms. The molecule has 9 heteroatoms. The summed E-state index contributed by atoms with van der Waals surface area (Å²) in [6.45, 7) is 5.92. The summed E-state index contributed by atoms with van der Waals surface area (Å²) in [5.74, 6) is 2.33. The Morgan fingerprint density at radius 1 is 1.17 bits per heavy atom. The van der Waals surface area contributed by atoms with Crippen LogP contribution in [0.2, 0.25) is 0 Å². The molecule has 0 N–H and O–H groups in total. The van der Waals surface area contributed by atoms with Crippen molar-refractivity contribution in [3.8, 4) is 5.88 Å². The van der Waals surface area contributed by atoms with E-state index in [1.807, 2.05) is 6.07 Å². The molecule has 0 aliphatic carbocycles.